The molecule has 0 bridgehead atoms. The van der Waals surface area contributed by atoms with E-state index in [-0.39, 0.29) is 23.6 Å². The Morgan fingerprint density at radius 1 is 1.13 bits per heavy atom. The number of fused-ring (bicyclic) bond motifs is 1. The Labute approximate surface area is 131 Å². The molecule has 0 saturated carbocycles. The van der Waals surface area contributed by atoms with Crippen LogP contribution in [0.3, 0.4) is 0 Å². The molecule has 2 N–H and O–H groups in total. The second kappa shape index (κ2) is 6.39. The third kappa shape index (κ3) is 3.11. The monoisotopic (exact) mass is 312 g/mol. The van der Waals surface area contributed by atoms with Crippen LogP contribution < -0.4 is 5.69 Å². The SMILES string of the molecule is O=C(OCCCn1c(=O)[nH]c2ccccc21)c1ccccc1O. The minimum Gasteiger partial charge on any atom is -0.507 e. The fourth-order valence-corrected chi connectivity index (χ4v) is 2.44. The highest BCUT2D eigenvalue weighted by Gasteiger charge is 2.11. The van der Waals surface area contributed by atoms with Gasteiger partial charge in [0.25, 0.3) is 0 Å². The molecule has 0 saturated heterocycles. The van der Waals surface area contributed by atoms with Gasteiger partial charge in [-0.15, -0.1) is 0 Å². The summed E-state index contributed by atoms with van der Waals surface area (Å²) in [5.41, 5.74) is 1.56. The fourth-order valence-electron chi connectivity index (χ4n) is 2.44. The van der Waals surface area contributed by atoms with Crippen molar-refractivity contribution < 1.29 is 14.6 Å². The number of imidazole rings is 1. The number of para-hydroxylation sites is 3. The normalized spacial score (nSPS) is 10.8. The Balaban J connectivity index is 1.59. The number of carbonyl (C=O) groups excluding carboxylic acids is 1. The number of benzene rings is 2. The van der Waals surface area contributed by atoms with Gasteiger partial charge in [-0.2, -0.15) is 0 Å². The largest absolute Gasteiger partial charge is 0.507 e. The van der Waals surface area contributed by atoms with E-state index < -0.39 is 5.97 Å². The predicted molar refractivity (Wildman–Crippen MR) is 85.6 cm³/mol. The van der Waals surface area contributed by atoms with Crippen LogP contribution in [0.4, 0.5) is 0 Å². The Morgan fingerprint density at radius 3 is 2.70 bits per heavy atom. The average Bonchev–Trinajstić information content (AvgIpc) is 2.87. The molecule has 0 aliphatic carbocycles. The molecular weight excluding hydrogens is 296 g/mol. The maximum absolute atomic E-state index is 11.9. The van der Waals surface area contributed by atoms with Crippen molar-refractivity contribution in [3.8, 4) is 5.75 Å². The molecule has 1 aromatic heterocycles. The summed E-state index contributed by atoms with van der Waals surface area (Å²) in [6.07, 6.45) is 0.501. The summed E-state index contributed by atoms with van der Waals surface area (Å²) in [7, 11) is 0. The van der Waals surface area contributed by atoms with E-state index in [1.165, 1.54) is 12.1 Å². The first-order valence-electron chi connectivity index (χ1n) is 7.29. The van der Waals surface area contributed by atoms with Gasteiger partial charge in [0.15, 0.2) is 0 Å². The maximum Gasteiger partial charge on any atom is 0.341 e. The summed E-state index contributed by atoms with van der Waals surface area (Å²) in [4.78, 5) is 26.5. The highest BCUT2D eigenvalue weighted by molar-refractivity contribution is 5.92. The van der Waals surface area contributed by atoms with E-state index in [4.69, 9.17) is 4.74 Å². The van der Waals surface area contributed by atoms with Crippen LogP contribution in [-0.2, 0) is 11.3 Å². The van der Waals surface area contributed by atoms with Crippen molar-refractivity contribution in [1.29, 1.82) is 0 Å². The van der Waals surface area contributed by atoms with E-state index in [9.17, 15) is 14.7 Å². The quantitative estimate of drug-likeness (QED) is 0.559. The zero-order chi connectivity index (χ0) is 16.2. The van der Waals surface area contributed by atoms with E-state index >= 15 is 0 Å². The van der Waals surface area contributed by atoms with Crippen LogP contribution in [0.15, 0.2) is 53.3 Å². The number of hydrogen-bond acceptors (Lipinski definition) is 4. The second-order valence-electron chi connectivity index (χ2n) is 5.11. The van der Waals surface area contributed by atoms with Gasteiger partial charge in [0, 0.05) is 6.54 Å². The second-order valence-corrected chi connectivity index (χ2v) is 5.11. The van der Waals surface area contributed by atoms with Crippen molar-refractivity contribution in [1.82, 2.24) is 9.55 Å². The van der Waals surface area contributed by atoms with Crippen molar-refractivity contribution in [2.75, 3.05) is 6.61 Å². The van der Waals surface area contributed by atoms with Crippen molar-refractivity contribution in [2.24, 2.45) is 0 Å². The van der Waals surface area contributed by atoms with E-state index in [0.29, 0.717) is 13.0 Å². The molecule has 3 rings (SSSR count). The molecule has 0 aliphatic rings. The van der Waals surface area contributed by atoms with E-state index in [2.05, 4.69) is 4.98 Å². The summed E-state index contributed by atoms with van der Waals surface area (Å²) in [6.45, 7) is 0.607. The van der Waals surface area contributed by atoms with Crippen molar-refractivity contribution in [3.63, 3.8) is 0 Å². The van der Waals surface area contributed by atoms with Gasteiger partial charge in [-0.1, -0.05) is 24.3 Å². The molecule has 118 valence electrons. The van der Waals surface area contributed by atoms with Gasteiger partial charge in [0.05, 0.1) is 17.6 Å². The number of hydrogen-bond donors (Lipinski definition) is 2. The van der Waals surface area contributed by atoms with Gasteiger partial charge >= 0.3 is 11.7 Å². The van der Waals surface area contributed by atoms with Gasteiger partial charge in [0.2, 0.25) is 0 Å². The van der Waals surface area contributed by atoms with Crippen molar-refractivity contribution in [2.45, 2.75) is 13.0 Å². The zero-order valence-corrected chi connectivity index (χ0v) is 12.4. The molecule has 0 fully saturated rings. The summed E-state index contributed by atoms with van der Waals surface area (Å²) in [5.74, 6) is -0.681. The predicted octanol–water partition coefficient (Wildman–Crippen LogP) is 2.28. The Morgan fingerprint density at radius 2 is 1.87 bits per heavy atom. The number of aryl methyl sites for hydroxylation is 1. The highest BCUT2D eigenvalue weighted by atomic mass is 16.5. The number of phenolic OH excluding ortho intramolecular Hbond substituents is 1. The third-order valence-electron chi connectivity index (χ3n) is 3.56. The Hall–Kier alpha value is -3.02. The van der Waals surface area contributed by atoms with Gasteiger partial charge in [0.1, 0.15) is 11.3 Å². The number of nitrogens with one attached hydrogen (secondary N) is 1. The zero-order valence-electron chi connectivity index (χ0n) is 12.4. The Bertz CT molecular complexity index is 895. The van der Waals surface area contributed by atoms with Crippen LogP contribution in [0.2, 0.25) is 0 Å². The lowest BCUT2D eigenvalue weighted by molar-refractivity contribution is 0.0493. The number of aromatic amines is 1. The number of H-pyrrole nitrogens is 1. The van der Waals surface area contributed by atoms with Gasteiger partial charge in [-0.3, -0.25) is 4.57 Å². The molecule has 2 aromatic carbocycles. The van der Waals surface area contributed by atoms with Gasteiger partial charge in [-0.25, -0.2) is 9.59 Å². The van der Waals surface area contributed by atoms with Gasteiger partial charge in [-0.05, 0) is 30.7 Å². The first kappa shape index (κ1) is 14.9. The lowest BCUT2D eigenvalue weighted by atomic mass is 10.2. The van der Waals surface area contributed by atoms with Crippen LogP contribution in [0.1, 0.15) is 16.8 Å². The lowest BCUT2D eigenvalue weighted by Gasteiger charge is -2.07. The third-order valence-corrected chi connectivity index (χ3v) is 3.56. The first-order valence-corrected chi connectivity index (χ1v) is 7.29. The molecule has 0 aliphatic heterocycles. The average molecular weight is 312 g/mol. The van der Waals surface area contributed by atoms with E-state index in [1.807, 2.05) is 24.3 Å². The van der Waals surface area contributed by atoms with Crippen LogP contribution in [0.5, 0.6) is 5.75 Å². The first-order chi connectivity index (χ1) is 11.2. The summed E-state index contributed by atoms with van der Waals surface area (Å²) in [6, 6.07) is 13.6. The molecule has 6 nitrogen and oxygen atoms in total. The summed E-state index contributed by atoms with van der Waals surface area (Å²) in [5, 5.41) is 9.59. The molecular formula is C17H16N2O4. The van der Waals surface area contributed by atoms with E-state index in [0.717, 1.165) is 11.0 Å². The number of esters is 1. The number of nitrogens with zero attached hydrogens (tertiary/aromatic N) is 1. The summed E-state index contributed by atoms with van der Waals surface area (Å²) >= 11 is 0. The molecule has 0 atom stereocenters. The molecule has 0 spiro atoms. The highest BCUT2D eigenvalue weighted by Crippen LogP contribution is 2.16. The number of phenols is 1. The molecule has 23 heavy (non-hydrogen) atoms. The maximum atomic E-state index is 11.9. The molecule has 3 aromatic rings. The minimum absolute atomic E-state index is 0.106. The number of rotatable bonds is 5. The van der Waals surface area contributed by atoms with Crippen molar-refractivity contribution >= 4 is 17.0 Å². The minimum atomic E-state index is -0.575. The molecule has 0 unspecified atom stereocenters. The molecule has 0 amide bonds. The van der Waals surface area contributed by atoms with E-state index in [1.54, 1.807) is 16.7 Å². The van der Waals surface area contributed by atoms with Gasteiger partial charge < -0.3 is 14.8 Å². The van der Waals surface area contributed by atoms with Crippen LogP contribution in [-0.4, -0.2) is 27.2 Å². The standard InChI is InChI=1S/C17H16N2O4/c20-15-9-4-1-6-12(15)16(21)23-11-5-10-19-14-8-3-2-7-13(14)18-17(19)22/h1-4,6-9,20H,5,10-11H2,(H,18,22). The molecule has 0 radical (unpaired) electrons. The molecule has 1 heterocycles. The van der Waals surface area contributed by atoms with Crippen LogP contribution in [0.25, 0.3) is 11.0 Å². The smallest absolute Gasteiger partial charge is 0.341 e. The summed E-state index contributed by atoms with van der Waals surface area (Å²) < 4.78 is 6.75. The molecule has 6 heteroatoms. The van der Waals surface area contributed by atoms with Crippen molar-refractivity contribution in [3.05, 3.63) is 64.6 Å². The Kier molecular flexibility index (Phi) is 4.14. The number of aromatic nitrogens is 2. The van der Waals surface area contributed by atoms with Crippen LogP contribution in [0, 0.1) is 0 Å². The van der Waals surface area contributed by atoms with Crippen LogP contribution >= 0.6 is 0 Å². The number of carbonyl (C=O) groups is 1. The number of aromatic hydroxyl groups is 1. The fraction of sp³-hybridized carbons (Fsp3) is 0.176. The lowest BCUT2D eigenvalue weighted by Crippen LogP contribution is -2.18. The topological polar surface area (TPSA) is 84.3 Å². The number of ether oxygens (including phenoxy) is 1.